The van der Waals surface area contributed by atoms with Crippen LogP contribution in [0.1, 0.15) is 30.9 Å². The molecule has 1 fully saturated rings. The van der Waals surface area contributed by atoms with Crippen molar-refractivity contribution in [3.05, 3.63) is 52.6 Å². The quantitative estimate of drug-likeness (QED) is 0.572. The molecule has 0 radical (unpaired) electrons. The van der Waals surface area contributed by atoms with Crippen LogP contribution in [0.4, 0.5) is 0 Å². The molecule has 0 spiro atoms. The first-order valence-corrected chi connectivity index (χ1v) is 11.2. The first-order valence-electron chi connectivity index (χ1n) is 11.2. The highest BCUT2D eigenvalue weighted by molar-refractivity contribution is 5.17. The van der Waals surface area contributed by atoms with Crippen LogP contribution in [0.2, 0.25) is 0 Å². The second-order valence-corrected chi connectivity index (χ2v) is 8.32. The van der Waals surface area contributed by atoms with Gasteiger partial charge < -0.3 is 4.57 Å². The van der Waals surface area contributed by atoms with E-state index in [1.807, 2.05) is 12.3 Å². The molecule has 3 aromatic rings. The number of fused-ring (bicyclic) bond motifs is 1. The highest BCUT2D eigenvalue weighted by atomic mass is 16.1. The minimum atomic E-state index is -0.0814. The first-order chi connectivity index (χ1) is 15.3. The van der Waals surface area contributed by atoms with Gasteiger partial charge in [-0.1, -0.05) is 6.42 Å². The molecule has 10 nitrogen and oxygen atoms in total. The fourth-order valence-electron chi connectivity index (χ4n) is 4.39. The Morgan fingerprint density at radius 1 is 0.903 bits per heavy atom. The molecule has 5 heterocycles. The smallest absolute Gasteiger partial charge is 0.266 e. The Kier molecular flexibility index (Phi) is 5.90. The standard InChI is InChI=1S/C21H29N9O/c31-21-7-6-19(29-10-4-8-22-29)25-30(21)16-15-26-11-13-27(14-12-26)17-20-24-23-18-5-2-1-3-9-28(18)20/h4,6-8,10H,1-3,5,9,11-17H2. The van der Waals surface area contributed by atoms with Crippen LogP contribution in [0.15, 0.2) is 35.4 Å². The van der Waals surface area contributed by atoms with Crippen LogP contribution in [0.5, 0.6) is 0 Å². The number of nitrogens with zero attached hydrogens (tertiary/aromatic N) is 9. The van der Waals surface area contributed by atoms with Gasteiger partial charge in [0.25, 0.3) is 5.56 Å². The Bertz CT molecular complexity index is 1050. The molecule has 164 valence electrons. The SMILES string of the molecule is O=c1ccc(-n2cccn2)nn1CCN1CCN(Cc2nnc3n2CCCCC3)CC1. The van der Waals surface area contributed by atoms with E-state index < -0.39 is 0 Å². The van der Waals surface area contributed by atoms with Crippen molar-refractivity contribution in [3.8, 4) is 5.82 Å². The van der Waals surface area contributed by atoms with Crippen molar-refractivity contribution >= 4 is 0 Å². The molecule has 0 amide bonds. The van der Waals surface area contributed by atoms with Gasteiger partial charge in [0.05, 0.1) is 13.1 Å². The monoisotopic (exact) mass is 423 g/mol. The molecule has 10 heteroatoms. The van der Waals surface area contributed by atoms with Crippen LogP contribution in [-0.2, 0) is 26.1 Å². The molecule has 0 saturated carbocycles. The number of piperazine rings is 1. The van der Waals surface area contributed by atoms with E-state index in [1.165, 1.54) is 23.9 Å². The summed E-state index contributed by atoms with van der Waals surface area (Å²) in [5.74, 6) is 2.92. The number of rotatable bonds is 6. The highest BCUT2D eigenvalue weighted by Gasteiger charge is 2.21. The molecule has 0 atom stereocenters. The minimum absolute atomic E-state index is 0.0814. The maximum Gasteiger partial charge on any atom is 0.266 e. The summed E-state index contributed by atoms with van der Waals surface area (Å²) in [5, 5.41) is 17.5. The van der Waals surface area contributed by atoms with Gasteiger partial charge >= 0.3 is 0 Å². The van der Waals surface area contributed by atoms with Crippen molar-refractivity contribution in [3.63, 3.8) is 0 Å². The van der Waals surface area contributed by atoms with Crippen molar-refractivity contribution < 1.29 is 0 Å². The van der Waals surface area contributed by atoms with Crippen LogP contribution in [-0.4, -0.2) is 76.8 Å². The third kappa shape index (κ3) is 4.59. The maximum absolute atomic E-state index is 12.2. The first kappa shape index (κ1) is 20.1. The van der Waals surface area contributed by atoms with Gasteiger partial charge in [-0.05, 0) is 25.0 Å². The largest absolute Gasteiger partial charge is 0.314 e. The van der Waals surface area contributed by atoms with Crippen LogP contribution < -0.4 is 5.56 Å². The van der Waals surface area contributed by atoms with E-state index in [0.717, 1.165) is 63.9 Å². The molecule has 3 aromatic heterocycles. The molecule has 2 aliphatic heterocycles. The van der Waals surface area contributed by atoms with Crippen LogP contribution in [0.3, 0.4) is 0 Å². The van der Waals surface area contributed by atoms with E-state index in [4.69, 9.17) is 0 Å². The summed E-state index contributed by atoms with van der Waals surface area (Å²) in [6.45, 7) is 7.26. The topological polar surface area (TPSA) is 89.9 Å². The number of hydrogen-bond acceptors (Lipinski definition) is 7. The van der Waals surface area contributed by atoms with Gasteiger partial charge in [-0.2, -0.15) is 5.10 Å². The molecule has 5 rings (SSSR count). The molecule has 31 heavy (non-hydrogen) atoms. The molecule has 0 unspecified atom stereocenters. The normalized spacial score (nSPS) is 18.1. The van der Waals surface area contributed by atoms with Gasteiger partial charge in [0.15, 0.2) is 5.82 Å². The molecule has 0 aromatic carbocycles. The Labute approximate surface area is 181 Å². The molecular formula is C21H29N9O. The molecule has 1 saturated heterocycles. The zero-order valence-electron chi connectivity index (χ0n) is 17.8. The molecule has 0 aliphatic carbocycles. The van der Waals surface area contributed by atoms with E-state index in [0.29, 0.717) is 12.4 Å². The summed E-state index contributed by atoms with van der Waals surface area (Å²) in [6.07, 6.45) is 8.30. The van der Waals surface area contributed by atoms with Crippen molar-refractivity contribution in [2.45, 2.75) is 45.3 Å². The molecule has 0 bridgehead atoms. The summed E-state index contributed by atoms with van der Waals surface area (Å²) in [4.78, 5) is 17.1. The van der Waals surface area contributed by atoms with E-state index >= 15 is 0 Å². The van der Waals surface area contributed by atoms with Crippen molar-refractivity contribution in [2.24, 2.45) is 0 Å². The fourth-order valence-corrected chi connectivity index (χ4v) is 4.39. The predicted octanol–water partition coefficient (Wildman–Crippen LogP) is 0.565. The van der Waals surface area contributed by atoms with Gasteiger partial charge in [-0.3, -0.25) is 14.6 Å². The van der Waals surface area contributed by atoms with E-state index in [2.05, 4.69) is 34.8 Å². The van der Waals surface area contributed by atoms with E-state index in [9.17, 15) is 4.79 Å². The second-order valence-electron chi connectivity index (χ2n) is 8.32. The van der Waals surface area contributed by atoms with Crippen LogP contribution in [0, 0.1) is 0 Å². The van der Waals surface area contributed by atoms with E-state index in [-0.39, 0.29) is 5.56 Å². The maximum atomic E-state index is 12.2. The highest BCUT2D eigenvalue weighted by Crippen LogP contribution is 2.16. The van der Waals surface area contributed by atoms with Gasteiger partial charge in [-0.15, -0.1) is 15.3 Å². The van der Waals surface area contributed by atoms with E-state index in [1.54, 1.807) is 23.0 Å². The zero-order valence-corrected chi connectivity index (χ0v) is 17.8. The van der Waals surface area contributed by atoms with Crippen molar-refractivity contribution in [2.75, 3.05) is 32.7 Å². The fraction of sp³-hybridized carbons (Fsp3) is 0.571. The predicted molar refractivity (Wildman–Crippen MR) is 115 cm³/mol. The van der Waals surface area contributed by atoms with Crippen LogP contribution in [0.25, 0.3) is 5.82 Å². The van der Waals surface area contributed by atoms with Gasteiger partial charge in [0.2, 0.25) is 0 Å². The Morgan fingerprint density at radius 2 is 1.77 bits per heavy atom. The number of hydrogen-bond donors (Lipinski definition) is 0. The summed E-state index contributed by atoms with van der Waals surface area (Å²) in [6, 6.07) is 5.10. The lowest BCUT2D eigenvalue weighted by Gasteiger charge is -2.34. The Morgan fingerprint density at radius 3 is 2.61 bits per heavy atom. The summed E-state index contributed by atoms with van der Waals surface area (Å²) < 4.78 is 5.54. The number of aryl methyl sites for hydroxylation is 1. The summed E-state index contributed by atoms with van der Waals surface area (Å²) in [5.41, 5.74) is -0.0814. The lowest BCUT2D eigenvalue weighted by molar-refractivity contribution is 0.119. The number of aromatic nitrogens is 7. The Hall–Kier alpha value is -2.85. The Balaban J connectivity index is 1.14. The third-order valence-electron chi connectivity index (χ3n) is 6.24. The lowest BCUT2D eigenvalue weighted by Crippen LogP contribution is -2.47. The minimum Gasteiger partial charge on any atom is -0.314 e. The van der Waals surface area contributed by atoms with Gasteiger partial charge in [0.1, 0.15) is 11.6 Å². The lowest BCUT2D eigenvalue weighted by atomic mass is 10.2. The summed E-state index contributed by atoms with van der Waals surface area (Å²) >= 11 is 0. The van der Waals surface area contributed by atoms with Gasteiger partial charge in [0, 0.05) is 64.1 Å². The van der Waals surface area contributed by atoms with Gasteiger partial charge in [-0.25, -0.2) is 9.36 Å². The summed E-state index contributed by atoms with van der Waals surface area (Å²) in [7, 11) is 0. The average molecular weight is 424 g/mol. The third-order valence-corrected chi connectivity index (χ3v) is 6.24. The van der Waals surface area contributed by atoms with Crippen LogP contribution >= 0.6 is 0 Å². The molecular weight excluding hydrogens is 394 g/mol. The second kappa shape index (κ2) is 9.11. The average Bonchev–Trinajstić information content (AvgIpc) is 3.39. The zero-order chi connectivity index (χ0) is 21.0. The molecule has 2 aliphatic rings. The van der Waals surface area contributed by atoms with Crippen molar-refractivity contribution in [1.82, 2.24) is 44.1 Å². The van der Waals surface area contributed by atoms with Crippen molar-refractivity contribution in [1.29, 1.82) is 0 Å². The molecule has 0 N–H and O–H groups in total.